The first kappa shape index (κ1) is 24.1. The van der Waals surface area contributed by atoms with Gasteiger partial charge in [-0.25, -0.2) is 0 Å². The van der Waals surface area contributed by atoms with Crippen molar-refractivity contribution < 1.29 is 10.2 Å². The molecule has 2 radical (unpaired) electrons. The van der Waals surface area contributed by atoms with Crippen molar-refractivity contribution in [3.63, 3.8) is 0 Å². The first-order valence-corrected chi connectivity index (χ1v) is 5.41. The van der Waals surface area contributed by atoms with Gasteiger partial charge in [-0.1, -0.05) is 59.8 Å². The van der Waals surface area contributed by atoms with E-state index >= 15 is 0 Å². The minimum Gasteiger partial charge on any atom is -0.854 e. The van der Waals surface area contributed by atoms with Gasteiger partial charge in [-0.3, -0.25) is 0 Å². The van der Waals surface area contributed by atoms with E-state index in [0.717, 1.165) is 0 Å². The topological polar surface area (TPSA) is 46.1 Å². The summed E-state index contributed by atoms with van der Waals surface area (Å²) in [5.74, 6) is 0. The molecule has 0 aliphatic heterocycles. The molecule has 0 aromatic heterocycles. The van der Waals surface area contributed by atoms with E-state index in [0.29, 0.717) is 0 Å². The Bertz CT molecular complexity index is 42.6. The van der Waals surface area contributed by atoms with Crippen molar-refractivity contribution >= 4 is 23.9 Å². The van der Waals surface area contributed by atoms with E-state index in [1.165, 1.54) is 25.7 Å². The minimum absolute atomic E-state index is 0. The van der Waals surface area contributed by atoms with Crippen molar-refractivity contribution in [1.82, 2.24) is 0 Å². The Morgan fingerprint density at radius 2 is 0.857 bits per heavy atom. The molecule has 0 N–H and O–H groups in total. The summed E-state index contributed by atoms with van der Waals surface area (Å²) < 4.78 is 0. The van der Waals surface area contributed by atoms with Gasteiger partial charge in [0, 0.05) is 0 Å². The van der Waals surface area contributed by atoms with Crippen molar-refractivity contribution in [2.24, 2.45) is 0 Å². The van der Waals surface area contributed by atoms with Crippen LogP contribution in [0.2, 0.25) is 0 Å². The Balaban J connectivity index is -0.0000000522. The van der Waals surface area contributed by atoms with E-state index in [4.69, 9.17) is 0 Å². The molecule has 0 aliphatic carbocycles. The first-order chi connectivity index (χ1) is 6.24. The van der Waals surface area contributed by atoms with Crippen LogP contribution in [-0.2, 0) is 0 Å². The van der Waals surface area contributed by atoms with Crippen molar-refractivity contribution in [1.29, 1.82) is 0 Å². The Morgan fingerprint density at radius 3 is 0.857 bits per heavy atom. The van der Waals surface area contributed by atoms with Gasteiger partial charge in [0.2, 0.25) is 0 Å². The summed E-state index contributed by atoms with van der Waals surface area (Å²) >= 11 is 0. The molecule has 0 aromatic carbocycles. The maximum atomic E-state index is 9.33. The van der Waals surface area contributed by atoms with E-state index in [1.54, 1.807) is 0 Å². The zero-order valence-electron chi connectivity index (χ0n) is 10.3. The standard InChI is InChI=1S/2C4H10.C3H6O2.Sn/c2*1-3-4-2;4-2-1-3-5;/h2*3-4H2,1-2H3;1-3H2;/q;;-2;+2. The van der Waals surface area contributed by atoms with Crippen LogP contribution >= 0.6 is 0 Å². The molecule has 0 saturated heterocycles. The van der Waals surface area contributed by atoms with E-state index < -0.39 is 0 Å². The Labute approximate surface area is 107 Å². The number of rotatable bonds is 4. The summed E-state index contributed by atoms with van der Waals surface area (Å²) in [7, 11) is 0. The molecule has 0 unspecified atom stereocenters. The largest absolute Gasteiger partial charge is 2.00 e. The van der Waals surface area contributed by atoms with E-state index in [9.17, 15) is 10.2 Å². The quantitative estimate of drug-likeness (QED) is 0.736. The van der Waals surface area contributed by atoms with E-state index in [1.807, 2.05) is 0 Å². The average Bonchev–Trinajstić information content (AvgIpc) is 2.20. The van der Waals surface area contributed by atoms with E-state index in [-0.39, 0.29) is 43.5 Å². The SMILES string of the molecule is CCCC.CCCC.[O-]CCC[O-].[Sn+2]. The summed E-state index contributed by atoms with van der Waals surface area (Å²) in [6.45, 7) is 8.28. The molecule has 0 rings (SSSR count). The fraction of sp³-hybridized carbons (Fsp3) is 1.00. The van der Waals surface area contributed by atoms with Crippen molar-refractivity contribution in [3.05, 3.63) is 0 Å². The van der Waals surface area contributed by atoms with Gasteiger partial charge in [0.25, 0.3) is 0 Å². The van der Waals surface area contributed by atoms with Gasteiger partial charge in [0.1, 0.15) is 0 Å². The third-order valence-corrected chi connectivity index (χ3v) is 1.29. The van der Waals surface area contributed by atoms with Gasteiger partial charge in [0.05, 0.1) is 0 Å². The smallest absolute Gasteiger partial charge is 0.854 e. The maximum Gasteiger partial charge on any atom is 2.00 e. The average molecular weight is 309 g/mol. The Morgan fingerprint density at radius 1 is 0.643 bits per heavy atom. The van der Waals surface area contributed by atoms with Crippen LogP contribution in [0.3, 0.4) is 0 Å². The van der Waals surface area contributed by atoms with Gasteiger partial charge in [-0.05, 0) is 0 Å². The third kappa shape index (κ3) is 78.4. The number of hydrogen-bond donors (Lipinski definition) is 0. The third-order valence-electron chi connectivity index (χ3n) is 1.29. The van der Waals surface area contributed by atoms with Gasteiger partial charge in [-0.2, -0.15) is 0 Å². The molecule has 0 spiro atoms. The first-order valence-electron chi connectivity index (χ1n) is 5.41. The van der Waals surface area contributed by atoms with Crippen molar-refractivity contribution in [2.45, 2.75) is 59.8 Å². The van der Waals surface area contributed by atoms with Gasteiger partial charge in [-0.15, -0.1) is 13.2 Å². The van der Waals surface area contributed by atoms with Crippen LogP contribution in [0, 0.1) is 0 Å². The zero-order valence-corrected chi connectivity index (χ0v) is 13.1. The van der Waals surface area contributed by atoms with Crippen LogP contribution < -0.4 is 10.2 Å². The van der Waals surface area contributed by atoms with Crippen LogP contribution in [0.5, 0.6) is 0 Å². The van der Waals surface area contributed by atoms with Crippen LogP contribution in [0.1, 0.15) is 59.8 Å². The van der Waals surface area contributed by atoms with Crippen LogP contribution in [-0.4, -0.2) is 37.1 Å². The fourth-order valence-electron chi connectivity index (χ4n) is 0.0589. The molecule has 3 heteroatoms. The number of hydrogen-bond acceptors (Lipinski definition) is 2. The Kier molecular flexibility index (Phi) is 64.1. The molecule has 0 atom stereocenters. The second-order valence-electron chi connectivity index (χ2n) is 2.76. The van der Waals surface area contributed by atoms with Crippen molar-refractivity contribution in [2.75, 3.05) is 13.2 Å². The summed E-state index contributed by atoms with van der Waals surface area (Å²) in [6, 6.07) is 0. The summed E-state index contributed by atoms with van der Waals surface area (Å²) in [6.07, 6.45) is 5.56. The predicted molar refractivity (Wildman–Crippen MR) is 61.3 cm³/mol. The molecule has 0 fully saturated rings. The molecular weight excluding hydrogens is 283 g/mol. The fourth-order valence-corrected chi connectivity index (χ4v) is 0.0589. The molecule has 0 saturated carbocycles. The molecule has 86 valence electrons. The molecule has 0 aromatic rings. The normalized spacial score (nSPS) is 7.29. The monoisotopic (exact) mass is 310 g/mol. The molecular formula is C11H26O2Sn. The molecule has 0 aliphatic rings. The van der Waals surface area contributed by atoms with Crippen LogP contribution in [0.25, 0.3) is 0 Å². The molecule has 2 nitrogen and oxygen atoms in total. The Hall–Kier alpha value is 0.719. The van der Waals surface area contributed by atoms with E-state index in [2.05, 4.69) is 27.7 Å². The molecule has 0 amide bonds. The molecule has 14 heavy (non-hydrogen) atoms. The van der Waals surface area contributed by atoms with Crippen LogP contribution in [0.4, 0.5) is 0 Å². The molecule has 0 bridgehead atoms. The molecule has 0 heterocycles. The zero-order chi connectivity index (χ0) is 10.9. The summed E-state index contributed by atoms with van der Waals surface area (Å²) in [5.41, 5.74) is 0. The summed E-state index contributed by atoms with van der Waals surface area (Å²) in [5, 5.41) is 18.7. The van der Waals surface area contributed by atoms with Crippen molar-refractivity contribution in [3.8, 4) is 0 Å². The van der Waals surface area contributed by atoms with Crippen LogP contribution in [0.15, 0.2) is 0 Å². The van der Waals surface area contributed by atoms with Gasteiger partial charge in [0.15, 0.2) is 0 Å². The van der Waals surface area contributed by atoms with Gasteiger partial charge < -0.3 is 10.2 Å². The van der Waals surface area contributed by atoms with Gasteiger partial charge >= 0.3 is 23.9 Å². The second kappa shape index (κ2) is 37.2. The minimum atomic E-state index is -0.219. The number of unbranched alkanes of at least 4 members (excludes halogenated alkanes) is 2. The summed E-state index contributed by atoms with van der Waals surface area (Å²) in [4.78, 5) is 0. The predicted octanol–water partition coefficient (Wildman–Crippen LogP) is 1.33. The second-order valence-corrected chi connectivity index (χ2v) is 2.76. The maximum absolute atomic E-state index is 9.33.